The van der Waals surface area contributed by atoms with Crippen LogP contribution in [0.1, 0.15) is 19.8 Å². The predicted octanol–water partition coefficient (Wildman–Crippen LogP) is 0.852. The van der Waals surface area contributed by atoms with Gasteiger partial charge < -0.3 is 10.4 Å². The Bertz CT molecular complexity index is 102. The van der Waals surface area contributed by atoms with Gasteiger partial charge in [-0.3, -0.25) is 0 Å². The van der Waals surface area contributed by atoms with Gasteiger partial charge in [0.05, 0.1) is 6.10 Å². The van der Waals surface area contributed by atoms with Crippen molar-refractivity contribution in [1.82, 2.24) is 5.32 Å². The summed E-state index contributed by atoms with van der Waals surface area (Å²) in [4.78, 5) is 0. The standard InChI is InChI=1S/C8H17NOS/c1-7(10)5-9-8-3-2-4-11-6-8/h7-10H,2-6H2,1H3/t7-,8-/m1/s1. The zero-order valence-electron chi connectivity index (χ0n) is 7.05. The lowest BCUT2D eigenvalue weighted by atomic mass is 10.2. The maximum absolute atomic E-state index is 9.01. The minimum atomic E-state index is -0.207. The van der Waals surface area contributed by atoms with Crippen molar-refractivity contribution in [1.29, 1.82) is 0 Å². The van der Waals surface area contributed by atoms with Gasteiger partial charge in [-0.15, -0.1) is 0 Å². The molecule has 2 atom stereocenters. The van der Waals surface area contributed by atoms with Gasteiger partial charge >= 0.3 is 0 Å². The molecule has 0 aromatic heterocycles. The normalized spacial score (nSPS) is 28.4. The fourth-order valence-corrected chi connectivity index (χ4v) is 2.35. The largest absolute Gasteiger partial charge is 0.392 e. The summed E-state index contributed by atoms with van der Waals surface area (Å²) >= 11 is 2.01. The number of rotatable bonds is 3. The molecule has 1 aliphatic heterocycles. The Hall–Kier alpha value is 0.270. The van der Waals surface area contributed by atoms with Gasteiger partial charge in [0.2, 0.25) is 0 Å². The molecule has 0 bridgehead atoms. The highest BCUT2D eigenvalue weighted by Crippen LogP contribution is 2.16. The first-order valence-electron chi connectivity index (χ1n) is 4.28. The minimum absolute atomic E-state index is 0.207. The molecule has 0 amide bonds. The molecule has 1 fully saturated rings. The van der Waals surface area contributed by atoms with Crippen molar-refractivity contribution in [2.24, 2.45) is 0 Å². The van der Waals surface area contributed by atoms with Crippen molar-refractivity contribution < 1.29 is 5.11 Å². The van der Waals surface area contributed by atoms with Crippen molar-refractivity contribution in [3.05, 3.63) is 0 Å². The summed E-state index contributed by atoms with van der Waals surface area (Å²) in [5.41, 5.74) is 0. The summed E-state index contributed by atoms with van der Waals surface area (Å²) in [6.45, 7) is 2.56. The van der Waals surface area contributed by atoms with E-state index in [9.17, 15) is 0 Å². The highest BCUT2D eigenvalue weighted by atomic mass is 32.2. The molecule has 11 heavy (non-hydrogen) atoms. The second-order valence-electron chi connectivity index (χ2n) is 3.17. The Morgan fingerprint density at radius 1 is 1.73 bits per heavy atom. The number of hydrogen-bond acceptors (Lipinski definition) is 3. The lowest BCUT2D eigenvalue weighted by Crippen LogP contribution is -2.37. The van der Waals surface area contributed by atoms with E-state index >= 15 is 0 Å². The first-order chi connectivity index (χ1) is 5.29. The molecule has 1 aliphatic rings. The molecular weight excluding hydrogens is 158 g/mol. The van der Waals surface area contributed by atoms with Crippen LogP contribution in [-0.4, -0.2) is 35.3 Å². The van der Waals surface area contributed by atoms with Crippen molar-refractivity contribution >= 4 is 11.8 Å². The molecular formula is C8H17NOS. The molecule has 0 radical (unpaired) electrons. The fraction of sp³-hybridized carbons (Fsp3) is 1.00. The van der Waals surface area contributed by atoms with Crippen LogP contribution in [0.3, 0.4) is 0 Å². The summed E-state index contributed by atoms with van der Waals surface area (Å²) in [6.07, 6.45) is 2.39. The van der Waals surface area contributed by atoms with E-state index in [1.54, 1.807) is 0 Å². The van der Waals surface area contributed by atoms with Gasteiger partial charge in [-0.25, -0.2) is 0 Å². The van der Waals surface area contributed by atoms with E-state index in [1.165, 1.54) is 24.3 Å². The van der Waals surface area contributed by atoms with Crippen molar-refractivity contribution in [2.75, 3.05) is 18.1 Å². The Balaban J connectivity index is 2.05. The van der Waals surface area contributed by atoms with E-state index < -0.39 is 0 Å². The molecule has 1 saturated heterocycles. The van der Waals surface area contributed by atoms with Gasteiger partial charge in [0.1, 0.15) is 0 Å². The lowest BCUT2D eigenvalue weighted by molar-refractivity contribution is 0.186. The minimum Gasteiger partial charge on any atom is -0.392 e. The monoisotopic (exact) mass is 175 g/mol. The first-order valence-corrected chi connectivity index (χ1v) is 5.43. The molecule has 0 saturated carbocycles. The van der Waals surface area contributed by atoms with Crippen LogP contribution in [-0.2, 0) is 0 Å². The number of aliphatic hydroxyl groups excluding tert-OH is 1. The van der Waals surface area contributed by atoms with Crippen molar-refractivity contribution in [2.45, 2.75) is 31.9 Å². The van der Waals surface area contributed by atoms with Crippen molar-refractivity contribution in [3.8, 4) is 0 Å². The van der Waals surface area contributed by atoms with Gasteiger partial charge in [0.25, 0.3) is 0 Å². The van der Waals surface area contributed by atoms with Crippen LogP contribution in [0.4, 0.5) is 0 Å². The van der Waals surface area contributed by atoms with E-state index in [1.807, 2.05) is 18.7 Å². The summed E-state index contributed by atoms with van der Waals surface area (Å²) in [7, 11) is 0. The van der Waals surface area contributed by atoms with Crippen LogP contribution in [0.2, 0.25) is 0 Å². The fourth-order valence-electron chi connectivity index (χ4n) is 1.24. The van der Waals surface area contributed by atoms with Crippen LogP contribution in [0.15, 0.2) is 0 Å². The third-order valence-electron chi connectivity index (χ3n) is 1.86. The van der Waals surface area contributed by atoms with Gasteiger partial charge in [-0.05, 0) is 25.5 Å². The molecule has 1 rings (SSSR count). The topological polar surface area (TPSA) is 32.3 Å². The maximum atomic E-state index is 9.01. The van der Waals surface area contributed by atoms with E-state index in [4.69, 9.17) is 5.11 Å². The molecule has 0 aromatic carbocycles. The Morgan fingerprint density at radius 2 is 2.55 bits per heavy atom. The zero-order chi connectivity index (χ0) is 8.10. The second kappa shape index (κ2) is 5.01. The number of hydrogen-bond donors (Lipinski definition) is 2. The molecule has 0 unspecified atom stereocenters. The lowest BCUT2D eigenvalue weighted by Gasteiger charge is -2.23. The number of aliphatic hydroxyl groups is 1. The second-order valence-corrected chi connectivity index (χ2v) is 4.32. The summed E-state index contributed by atoms with van der Waals surface area (Å²) in [5.74, 6) is 2.53. The molecule has 0 aliphatic carbocycles. The zero-order valence-corrected chi connectivity index (χ0v) is 7.86. The molecule has 2 N–H and O–H groups in total. The summed E-state index contributed by atoms with van der Waals surface area (Å²) in [6, 6.07) is 0.642. The molecule has 66 valence electrons. The van der Waals surface area contributed by atoms with Crippen LogP contribution in [0, 0.1) is 0 Å². The molecule has 3 heteroatoms. The maximum Gasteiger partial charge on any atom is 0.0636 e. The highest BCUT2D eigenvalue weighted by molar-refractivity contribution is 7.99. The quantitative estimate of drug-likeness (QED) is 0.667. The van der Waals surface area contributed by atoms with Crippen LogP contribution in [0.5, 0.6) is 0 Å². The first kappa shape index (κ1) is 9.36. The van der Waals surface area contributed by atoms with E-state index in [-0.39, 0.29) is 6.10 Å². The third-order valence-corrected chi connectivity index (χ3v) is 3.08. The SMILES string of the molecule is C[C@@H](O)CN[C@@H]1CCCSC1. The average Bonchev–Trinajstić information content (AvgIpc) is 2.03. The number of thioether (sulfide) groups is 1. The van der Waals surface area contributed by atoms with E-state index in [0.717, 1.165) is 6.54 Å². The van der Waals surface area contributed by atoms with E-state index in [2.05, 4.69) is 5.32 Å². The Kier molecular flexibility index (Phi) is 4.26. The Labute approximate surface area is 72.8 Å². The van der Waals surface area contributed by atoms with Gasteiger partial charge in [0.15, 0.2) is 0 Å². The summed E-state index contributed by atoms with van der Waals surface area (Å²) in [5, 5.41) is 12.4. The average molecular weight is 175 g/mol. The van der Waals surface area contributed by atoms with Gasteiger partial charge in [0, 0.05) is 18.3 Å². The van der Waals surface area contributed by atoms with Gasteiger partial charge in [-0.2, -0.15) is 11.8 Å². The number of nitrogens with one attached hydrogen (secondary N) is 1. The highest BCUT2D eigenvalue weighted by Gasteiger charge is 2.12. The Morgan fingerprint density at radius 3 is 3.09 bits per heavy atom. The third kappa shape index (κ3) is 3.99. The van der Waals surface area contributed by atoms with E-state index in [0.29, 0.717) is 6.04 Å². The van der Waals surface area contributed by atoms with Crippen LogP contribution >= 0.6 is 11.8 Å². The van der Waals surface area contributed by atoms with Crippen molar-refractivity contribution in [3.63, 3.8) is 0 Å². The van der Waals surface area contributed by atoms with Gasteiger partial charge in [-0.1, -0.05) is 0 Å². The van der Waals surface area contributed by atoms with Crippen LogP contribution < -0.4 is 5.32 Å². The molecule has 1 heterocycles. The predicted molar refractivity (Wildman–Crippen MR) is 50.0 cm³/mol. The molecule has 2 nitrogen and oxygen atoms in total. The molecule has 0 spiro atoms. The summed E-state index contributed by atoms with van der Waals surface area (Å²) < 4.78 is 0. The molecule has 0 aromatic rings. The smallest absolute Gasteiger partial charge is 0.0636 e. The van der Waals surface area contributed by atoms with Crippen LogP contribution in [0.25, 0.3) is 0 Å².